The van der Waals surface area contributed by atoms with Crippen molar-refractivity contribution in [2.45, 2.75) is 31.7 Å². The molecule has 4 heteroatoms. The molecule has 0 saturated heterocycles. The first-order chi connectivity index (χ1) is 10.3. The molecular formula is C17H19ClN2O. The molecule has 2 aromatic rings. The number of nitrogens with zero attached hydrogens (tertiary/aromatic N) is 2. The smallest absolute Gasteiger partial charge is 0.254 e. The zero-order valence-corrected chi connectivity index (χ0v) is 12.7. The summed E-state index contributed by atoms with van der Waals surface area (Å²) in [4.78, 5) is 19.1. The highest BCUT2D eigenvalue weighted by atomic mass is 35.5. The number of carbonyl (C=O) groups is 1. The van der Waals surface area contributed by atoms with Crippen LogP contribution in [0, 0.1) is 0 Å². The quantitative estimate of drug-likeness (QED) is 0.804. The van der Waals surface area contributed by atoms with Gasteiger partial charge in [0, 0.05) is 35.6 Å². The Morgan fingerprint density at radius 3 is 2.86 bits per heavy atom. The summed E-state index contributed by atoms with van der Waals surface area (Å²) in [6.07, 6.45) is 6.37. The number of fused-ring (bicyclic) bond motifs is 1. The molecule has 1 aromatic carbocycles. The van der Waals surface area contributed by atoms with Crippen molar-refractivity contribution in [2.75, 3.05) is 12.4 Å². The first-order valence-electron chi connectivity index (χ1n) is 7.51. The van der Waals surface area contributed by atoms with Crippen molar-refractivity contribution >= 4 is 28.4 Å². The van der Waals surface area contributed by atoms with Gasteiger partial charge in [0.05, 0.1) is 5.52 Å². The Labute approximate surface area is 129 Å². The molecule has 1 aliphatic rings. The second kappa shape index (κ2) is 6.44. The first kappa shape index (κ1) is 14.3. The molecule has 21 heavy (non-hydrogen) atoms. The summed E-state index contributed by atoms with van der Waals surface area (Å²) in [6, 6.07) is 9.94. The number of amides is 1. The Hall–Kier alpha value is -1.61. The lowest BCUT2D eigenvalue weighted by Gasteiger charge is -2.28. The number of halogens is 1. The van der Waals surface area contributed by atoms with E-state index in [1.165, 1.54) is 12.8 Å². The van der Waals surface area contributed by atoms with Crippen LogP contribution in [0.4, 0.5) is 0 Å². The maximum absolute atomic E-state index is 12.8. The molecule has 0 atom stereocenters. The predicted molar refractivity (Wildman–Crippen MR) is 85.8 cm³/mol. The molecular weight excluding hydrogens is 284 g/mol. The Morgan fingerprint density at radius 2 is 2.10 bits per heavy atom. The number of pyridine rings is 1. The second-order valence-corrected chi connectivity index (χ2v) is 5.91. The van der Waals surface area contributed by atoms with E-state index < -0.39 is 0 Å². The van der Waals surface area contributed by atoms with Gasteiger partial charge in [-0.05, 0) is 37.1 Å². The largest absolute Gasteiger partial charge is 0.334 e. The van der Waals surface area contributed by atoms with Gasteiger partial charge in [-0.3, -0.25) is 9.78 Å². The van der Waals surface area contributed by atoms with Crippen molar-refractivity contribution in [3.8, 4) is 0 Å². The van der Waals surface area contributed by atoms with Crippen LogP contribution < -0.4 is 0 Å². The van der Waals surface area contributed by atoms with E-state index in [1.54, 1.807) is 6.20 Å². The van der Waals surface area contributed by atoms with Crippen LogP contribution in [0.25, 0.3) is 10.9 Å². The van der Waals surface area contributed by atoms with E-state index in [1.807, 2.05) is 35.2 Å². The van der Waals surface area contributed by atoms with Crippen LogP contribution in [0.2, 0.25) is 0 Å². The van der Waals surface area contributed by atoms with Gasteiger partial charge in [-0.15, -0.1) is 11.6 Å². The Kier molecular flexibility index (Phi) is 4.39. The molecule has 0 spiro atoms. The standard InChI is InChI=1S/C17H19ClN2O/c18-9-11-20(15-5-1-2-6-15)17(21)14-7-8-16-13(12-14)4-3-10-19-16/h3-4,7-8,10,12,15H,1-2,5-6,9,11H2. The molecule has 1 amide bonds. The van der Waals surface area contributed by atoms with E-state index in [9.17, 15) is 4.79 Å². The third-order valence-electron chi connectivity index (χ3n) is 4.20. The van der Waals surface area contributed by atoms with Gasteiger partial charge in [-0.2, -0.15) is 0 Å². The molecule has 0 bridgehead atoms. The molecule has 0 radical (unpaired) electrons. The van der Waals surface area contributed by atoms with E-state index >= 15 is 0 Å². The maximum Gasteiger partial charge on any atom is 0.254 e. The lowest BCUT2D eigenvalue weighted by atomic mass is 10.1. The summed E-state index contributed by atoms with van der Waals surface area (Å²) in [6.45, 7) is 0.621. The number of carbonyl (C=O) groups excluding carboxylic acids is 1. The van der Waals surface area contributed by atoms with Crippen LogP contribution in [-0.2, 0) is 0 Å². The number of hydrogen-bond acceptors (Lipinski definition) is 2. The number of rotatable bonds is 4. The molecule has 1 aromatic heterocycles. The van der Waals surface area contributed by atoms with Gasteiger partial charge < -0.3 is 4.90 Å². The Bertz CT molecular complexity index is 637. The molecule has 1 saturated carbocycles. The fourth-order valence-corrected chi connectivity index (χ4v) is 3.31. The van der Waals surface area contributed by atoms with E-state index in [-0.39, 0.29) is 5.91 Å². The summed E-state index contributed by atoms with van der Waals surface area (Å²) in [5.74, 6) is 0.575. The molecule has 110 valence electrons. The second-order valence-electron chi connectivity index (χ2n) is 5.54. The molecule has 0 N–H and O–H groups in total. The number of alkyl halides is 1. The van der Waals surface area contributed by atoms with E-state index in [4.69, 9.17) is 11.6 Å². The zero-order valence-electron chi connectivity index (χ0n) is 12.0. The Balaban J connectivity index is 1.89. The average Bonchev–Trinajstić information content (AvgIpc) is 3.05. The maximum atomic E-state index is 12.8. The number of benzene rings is 1. The molecule has 3 nitrogen and oxygen atoms in total. The fraction of sp³-hybridized carbons (Fsp3) is 0.412. The molecule has 0 aliphatic heterocycles. The zero-order chi connectivity index (χ0) is 14.7. The fourth-order valence-electron chi connectivity index (χ4n) is 3.13. The van der Waals surface area contributed by atoms with E-state index in [0.29, 0.717) is 18.5 Å². The van der Waals surface area contributed by atoms with Gasteiger partial charge in [-0.1, -0.05) is 18.9 Å². The van der Waals surface area contributed by atoms with Crippen LogP contribution >= 0.6 is 11.6 Å². The van der Waals surface area contributed by atoms with E-state index in [0.717, 1.165) is 29.3 Å². The lowest BCUT2D eigenvalue weighted by molar-refractivity contribution is 0.0695. The van der Waals surface area contributed by atoms with Crippen molar-refractivity contribution in [3.05, 3.63) is 42.1 Å². The van der Waals surface area contributed by atoms with Gasteiger partial charge in [0.15, 0.2) is 0 Å². The summed E-state index contributed by atoms with van der Waals surface area (Å²) in [7, 11) is 0. The first-order valence-corrected chi connectivity index (χ1v) is 8.05. The van der Waals surface area contributed by atoms with Gasteiger partial charge in [0.25, 0.3) is 5.91 Å². The summed E-state index contributed by atoms with van der Waals surface area (Å²) in [5, 5.41) is 1.00. The third-order valence-corrected chi connectivity index (χ3v) is 4.37. The van der Waals surface area contributed by atoms with Gasteiger partial charge >= 0.3 is 0 Å². The van der Waals surface area contributed by atoms with Gasteiger partial charge in [0.2, 0.25) is 0 Å². The van der Waals surface area contributed by atoms with Crippen LogP contribution in [0.5, 0.6) is 0 Å². The van der Waals surface area contributed by atoms with Gasteiger partial charge in [-0.25, -0.2) is 0 Å². The van der Waals surface area contributed by atoms with Crippen LogP contribution in [0.15, 0.2) is 36.5 Å². The third kappa shape index (κ3) is 3.03. The summed E-state index contributed by atoms with van der Waals surface area (Å²) < 4.78 is 0. The summed E-state index contributed by atoms with van der Waals surface area (Å²) in [5.41, 5.74) is 1.64. The topological polar surface area (TPSA) is 33.2 Å². The minimum atomic E-state index is 0.0910. The highest BCUT2D eigenvalue weighted by molar-refractivity contribution is 6.18. The SMILES string of the molecule is O=C(c1ccc2ncccc2c1)N(CCCl)C1CCCC1. The van der Waals surface area contributed by atoms with Crippen LogP contribution in [0.1, 0.15) is 36.0 Å². The normalized spacial score (nSPS) is 15.5. The van der Waals surface area contributed by atoms with Crippen molar-refractivity contribution in [1.82, 2.24) is 9.88 Å². The minimum Gasteiger partial charge on any atom is -0.334 e. The summed E-state index contributed by atoms with van der Waals surface area (Å²) >= 11 is 5.90. The number of hydrogen-bond donors (Lipinski definition) is 0. The van der Waals surface area contributed by atoms with Crippen molar-refractivity contribution < 1.29 is 4.79 Å². The Morgan fingerprint density at radius 1 is 1.29 bits per heavy atom. The van der Waals surface area contributed by atoms with Crippen LogP contribution in [0.3, 0.4) is 0 Å². The van der Waals surface area contributed by atoms with Crippen molar-refractivity contribution in [3.63, 3.8) is 0 Å². The molecule has 3 rings (SSSR count). The average molecular weight is 303 g/mol. The van der Waals surface area contributed by atoms with E-state index in [2.05, 4.69) is 4.98 Å². The minimum absolute atomic E-state index is 0.0910. The van der Waals surface area contributed by atoms with Crippen LogP contribution in [-0.4, -0.2) is 34.3 Å². The predicted octanol–water partition coefficient (Wildman–Crippen LogP) is 3.86. The van der Waals surface area contributed by atoms with Crippen molar-refractivity contribution in [1.29, 1.82) is 0 Å². The molecule has 1 aliphatic carbocycles. The number of aromatic nitrogens is 1. The molecule has 1 heterocycles. The highest BCUT2D eigenvalue weighted by Gasteiger charge is 2.26. The van der Waals surface area contributed by atoms with Crippen molar-refractivity contribution in [2.24, 2.45) is 0 Å². The monoisotopic (exact) mass is 302 g/mol. The molecule has 0 unspecified atom stereocenters. The highest BCUT2D eigenvalue weighted by Crippen LogP contribution is 2.25. The molecule has 1 fully saturated rings. The van der Waals surface area contributed by atoms with Gasteiger partial charge in [0.1, 0.15) is 0 Å². The lowest BCUT2D eigenvalue weighted by Crippen LogP contribution is -2.40.